The van der Waals surface area contributed by atoms with Crippen molar-refractivity contribution in [2.24, 2.45) is 0 Å². The molecule has 2 N–H and O–H groups in total. The fourth-order valence-electron chi connectivity index (χ4n) is 0.122. The molecule has 10 heavy (non-hydrogen) atoms. The molecule has 0 aromatic rings. The van der Waals surface area contributed by atoms with Gasteiger partial charge in [-0.05, 0) is 0 Å². The second-order valence-electron chi connectivity index (χ2n) is 0.976. The van der Waals surface area contributed by atoms with Crippen LogP contribution in [-0.2, 0) is 13.4 Å². The third kappa shape index (κ3) is 11.1. The maximum atomic E-state index is 9.32. The van der Waals surface area contributed by atoms with Gasteiger partial charge >= 0.3 is 0 Å². The lowest BCUT2D eigenvalue weighted by Gasteiger charge is -2.39. The lowest BCUT2D eigenvalue weighted by molar-refractivity contribution is -0.364. The van der Waals surface area contributed by atoms with Crippen LogP contribution in [0.15, 0.2) is 0 Å². The minimum absolute atomic E-state index is 0. The van der Waals surface area contributed by atoms with Crippen molar-refractivity contribution in [3.63, 3.8) is 0 Å². The lowest BCUT2D eigenvalue weighted by atomic mass is 15.7. The van der Waals surface area contributed by atoms with Crippen molar-refractivity contribution >= 4 is 15.6 Å². The minimum Gasteiger partial charge on any atom is -0.790 e. The molecule has 0 fully saturated rings. The normalized spacial score (nSPS) is 12.4. The summed E-state index contributed by atoms with van der Waals surface area (Å²) in [5.74, 6) is 0. The zero-order valence-corrected chi connectivity index (χ0v) is 6.04. The highest BCUT2D eigenvalue weighted by Crippen LogP contribution is 2.42. The average Bonchev–Trinajstić information content (AvgIpc) is 1.14. The van der Waals surface area contributed by atoms with E-state index in [1.165, 1.54) is 0 Å². The molecule has 0 aliphatic rings. The number of hydrogen-bond donors (Lipinski definition) is 0. The van der Waals surface area contributed by atoms with Crippen molar-refractivity contribution in [2.45, 2.75) is 0 Å². The van der Waals surface area contributed by atoms with Crippen LogP contribution in [0.2, 0.25) is 0 Å². The van der Waals surface area contributed by atoms with Gasteiger partial charge in [-0.1, -0.05) is 0 Å². The van der Waals surface area contributed by atoms with Gasteiger partial charge in [0.25, 0.3) is 0 Å². The Hall–Kier alpha value is 0.220. The van der Waals surface area contributed by atoms with Crippen molar-refractivity contribution in [2.75, 3.05) is 0 Å². The Kier molecular flexibility index (Phi) is 4.58. The van der Waals surface area contributed by atoms with Gasteiger partial charge in [0.15, 0.2) is 0 Å². The van der Waals surface area contributed by atoms with Gasteiger partial charge in [-0.2, -0.15) is 0 Å². The summed E-state index contributed by atoms with van der Waals surface area (Å²) in [6, 6.07) is 0. The highest BCUT2D eigenvalue weighted by molar-refractivity contribution is 7.57. The molecular formula is H2O8P2-4. The van der Waals surface area contributed by atoms with Crippen LogP contribution in [0.1, 0.15) is 0 Å². The molecule has 0 aromatic carbocycles. The van der Waals surface area contributed by atoms with Crippen LogP contribution in [-0.4, -0.2) is 5.48 Å². The second-order valence-corrected chi connectivity index (χ2v) is 3.42. The molecule has 0 atom stereocenters. The molecule has 10 heteroatoms. The predicted octanol–water partition coefficient (Wildman–Crippen LogP) is -4.16. The van der Waals surface area contributed by atoms with E-state index in [0.717, 1.165) is 0 Å². The molecule has 0 rings (SSSR count). The van der Waals surface area contributed by atoms with Gasteiger partial charge in [-0.3, -0.25) is 0 Å². The highest BCUT2D eigenvalue weighted by atomic mass is 31.3. The molecule has 0 bridgehead atoms. The van der Waals surface area contributed by atoms with E-state index < -0.39 is 15.6 Å². The summed E-state index contributed by atoms with van der Waals surface area (Å²) in [7, 11) is -11.4. The monoisotopic (exact) mass is 192 g/mol. The first-order valence-corrected chi connectivity index (χ1v) is 4.38. The van der Waals surface area contributed by atoms with Gasteiger partial charge in [-0.25, -0.2) is 0 Å². The van der Waals surface area contributed by atoms with E-state index in [-0.39, 0.29) is 5.48 Å². The van der Waals surface area contributed by atoms with Crippen molar-refractivity contribution in [3.8, 4) is 0 Å². The summed E-state index contributed by atoms with van der Waals surface area (Å²) in [6.07, 6.45) is 0. The third-order valence-corrected chi connectivity index (χ3v) is 1.80. The molecule has 8 nitrogen and oxygen atoms in total. The predicted molar refractivity (Wildman–Crippen MR) is 19.9 cm³/mol. The fourth-order valence-corrected chi connectivity index (χ4v) is 1.10. The molecular weight excluding hydrogens is 190 g/mol. The van der Waals surface area contributed by atoms with Crippen molar-refractivity contribution in [1.82, 2.24) is 0 Å². The molecule has 0 aliphatic heterocycles. The van der Waals surface area contributed by atoms with Crippen LogP contribution in [0.5, 0.6) is 0 Å². The van der Waals surface area contributed by atoms with E-state index in [0.29, 0.717) is 0 Å². The standard InChI is InChI=1S/H4O7P2.H2O/c1-8(2,3)7-9(4,5)6;/h(H2,1,2,3)(H2,4,5,6);1H2/p-4. The first-order chi connectivity index (χ1) is 3.71. The zero-order chi connectivity index (χ0) is 7.71. The van der Waals surface area contributed by atoms with E-state index in [4.69, 9.17) is 0 Å². The van der Waals surface area contributed by atoms with Gasteiger partial charge in [0.05, 0.1) is 15.6 Å². The van der Waals surface area contributed by atoms with Gasteiger partial charge in [0.1, 0.15) is 0 Å². The quantitative estimate of drug-likeness (QED) is 0.399. The highest BCUT2D eigenvalue weighted by Gasteiger charge is 1.92. The first-order valence-electron chi connectivity index (χ1n) is 1.46. The van der Waals surface area contributed by atoms with Gasteiger partial charge in [0.2, 0.25) is 0 Å². The summed E-state index contributed by atoms with van der Waals surface area (Å²) in [4.78, 5) is 37.3. The zero-order valence-electron chi connectivity index (χ0n) is 4.25. The summed E-state index contributed by atoms with van der Waals surface area (Å²) in [6.45, 7) is 0. The van der Waals surface area contributed by atoms with Crippen LogP contribution in [0.4, 0.5) is 0 Å². The molecule has 0 saturated heterocycles. The molecule has 64 valence electrons. The third-order valence-electron chi connectivity index (χ3n) is 0.200. The largest absolute Gasteiger partial charge is 0.790 e. The van der Waals surface area contributed by atoms with Crippen LogP contribution >= 0.6 is 15.6 Å². The lowest BCUT2D eigenvalue weighted by Crippen LogP contribution is -2.23. The Balaban J connectivity index is 0. The van der Waals surface area contributed by atoms with E-state index in [9.17, 15) is 28.7 Å². The van der Waals surface area contributed by atoms with Crippen molar-refractivity contribution in [1.29, 1.82) is 0 Å². The SMILES string of the molecule is O.O=P([O-])([O-])OP(=O)([O-])[O-]. The number of rotatable bonds is 2. The summed E-state index contributed by atoms with van der Waals surface area (Å²) >= 11 is 0. The van der Waals surface area contributed by atoms with Crippen LogP contribution in [0, 0.1) is 0 Å². The maximum absolute atomic E-state index is 9.32. The Bertz CT molecular complexity index is 148. The summed E-state index contributed by atoms with van der Waals surface area (Å²) in [5.41, 5.74) is 0. The maximum Gasteiger partial charge on any atom is 0.0655 e. The molecule has 0 aromatic heterocycles. The fraction of sp³-hybridized carbons (Fsp3) is 0. The topological polar surface area (TPSA) is 167 Å². The molecule has 0 amide bonds. The Labute approximate surface area is 55.2 Å². The molecule has 0 radical (unpaired) electrons. The molecule has 0 unspecified atom stereocenters. The van der Waals surface area contributed by atoms with Gasteiger partial charge in [-0.15, -0.1) is 0 Å². The van der Waals surface area contributed by atoms with E-state index in [2.05, 4.69) is 4.31 Å². The van der Waals surface area contributed by atoms with E-state index in [1.807, 2.05) is 0 Å². The van der Waals surface area contributed by atoms with Crippen LogP contribution in [0.25, 0.3) is 0 Å². The molecule has 0 saturated carbocycles. The smallest absolute Gasteiger partial charge is 0.0655 e. The van der Waals surface area contributed by atoms with Crippen LogP contribution in [0.3, 0.4) is 0 Å². The van der Waals surface area contributed by atoms with Crippen LogP contribution < -0.4 is 19.6 Å². The Morgan fingerprint density at radius 2 is 1.10 bits per heavy atom. The summed E-state index contributed by atoms with van der Waals surface area (Å²) < 4.78 is 21.2. The van der Waals surface area contributed by atoms with Crippen molar-refractivity contribution < 1.29 is 38.5 Å². The Morgan fingerprint density at radius 3 is 1.10 bits per heavy atom. The van der Waals surface area contributed by atoms with Crippen molar-refractivity contribution in [3.05, 3.63) is 0 Å². The molecule has 0 spiro atoms. The first kappa shape index (κ1) is 12.9. The Morgan fingerprint density at radius 1 is 0.900 bits per heavy atom. The summed E-state index contributed by atoms with van der Waals surface area (Å²) in [5, 5.41) is 0. The van der Waals surface area contributed by atoms with Gasteiger partial charge in [0, 0.05) is 0 Å². The van der Waals surface area contributed by atoms with E-state index >= 15 is 0 Å². The minimum atomic E-state index is -5.68. The van der Waals surface area contributed by atoms with Gasteiger partial charge < -0.3 is 38.5 Å². The average molecular weight is 192 g/mol. The molecule has 0 aliphatic carbocycles. The van der Waals surface area contributed by atoms with E-state index in [1.54, 1.807) is 0 Å². The second kappa shape index (κ2) is 3.56. The molecule has 0 heterocycles. The number of phosphoric acid groups is 2. The number of hydrogen-bond acceptors (Lipinski definition) is 7.